The van der Waals surface area contributed by atoms with E-state index in [4.69, 9.17) is 0 Å². The number of benzene rings is 1. The Morgan fingerprint density at radius 3 is 2.62 bits per heavy atom. The highest BCUT2D eigenvalue weighted by molar-refractivity contribution is 7.98. The fourth-order valence-corrected chi connectivity index (χ4v) is 1.98. The third-order valence-electron chi connectivity index (χ3n) is 2.81. The monoisotopic (exact) mass is 235 g/mol. The van der Waals surface area contributed by atoms with Gasteiger partial charge in [-0.1, -0.05) is 12.1 Å². The minimum atomic E-state index is 0.142. The Morgan fingerprint density at radius 2 is 2.06 bits per heavy atom. The molecule has 1 aliphatic rings. The van der Waals surface area contributed by atoms with E-state index in [1.54, 1.807) is 11.8 Å². The molecule has 1 N–H and O–H groups in total. The van der Waals surface area contributed by atoms with Gasteiger partial charge in [0.25, 0.3) is 0 Å². The smallest absolute Gasteiger partial charge is 0.224 e. The minimum absolute atomic E-state index is 0.142. The summed E-state index contributed by atoms with van der Waals surface area (Å²) in [6.07, 6.45) is 5.12. The lowest BCUT2D eigenvalue weighted by Crippen LogP contribution is -2.27. The van der Waals surface area contributed by atoms with Gasteiger partial charge in [0.1, 0.15) is 0 Å². The molecule has 0 aromatic heterocycles. The lowest BCUT2D eigenvalue weighted by atomic mass is 10.1. The maximum absolute atomic E-state index is 11.6. The first-order valence-electron chi connectivity index (χ1n) is 5.67. The molecule has 1 aromatic rings. The van der Waals surface area contributed by atoms with Crippen LogP contribution in [0.2, 0.25) is 0 Å². The van der Waals surface area contributed by atoms with E-state index >= 15 is 0 Å². The van der Waals surface area contributed by atoms with Gasteiger partial charge in [-0.05, 0) is 42.7 Å². The molecule has 1 aliphatic carbocycles. The van der Waals surface area contributed by atoms with E-state index in [-0.39, 0.29) is 5.91 Å². The highest BCUT2D eigenvalue weighted by Crippen LogP contribution is 2.27. The normalized spacial score (nSPS) is 14.8. The Hall–Kier alpha value is -0.960. The molecule has 16 heavy (non-hydrogen) atoms. The maximum Gasteiger partial charge on any atom is 0.224 e. The number of nitrogens with one attached hydrogen (secondary N) is 1. The summed E-state index contributed by atoms with van der Waals surface area (Å²) >= 11 is 1.72. The van der Waals surface area contributed by atoms with Gasteiger partial charge in [0.05, 0.1) is 6.42 Å². The van der Waals surface area contributed by atoms with Crippen molar-refractivity contribution in [3.8, 4) is 0 Å². The Balaban J connectivity index is 1.79. The highest BCUT2D eigenvalue weighted by Gasteiger charge is 2.21. The lowest BCUT2D eigenvalue weighted by molar-refractivity contribution is -0.120. The van der Waals surface area contributed by atoms with E-state index in [0.717, 1.165) is 18.0 Å². The van der Waals surface area contributed by atoms with Crippen molar-refractivity contribution in [3.05, 3.63) is 29.8 Å². The maximum atomic E-state index is 11.6. The first-order chi connectivity index (χ1) is 7.78. The first kappa shape index (κ1) is 11.5. The van der Waals surface area contributed by atoms with E-state index in [9.17, 15) is 4.79 Å². The first-order valence-corrected chi connectivity index (χ1v) is 6.90. The van der Waals surface area contributed by atoms with Crippen LogP contribution in [0.15, 0.2) is 29.2 Å². The number of amides is 1. The van der Waals surface area contributed by atoms with E-state index in [2.05, 4.69) is 23.7 Å². The molecule has 0 aliphatic heterocycles. The number of rotatable bonds is 5. The second-order valence-electron chi connectivity index (χ2n) is 4.27. The fourth-order valence-electron chi connectivity index (χ4n) is 1.57. The molecular weight excluding hydrogens is 218 g/mol. The molecule has 86 valence electrons. The summed E-state index contributed by atoms with van der Waals surface area (Å²) in [5, 5.41) is 2.98. The number of carbonyl (C=O) groups is 1. The summed E-state index contributed by atoms with van der Waals surface area (Å²) in [4.78, 5) is 12.8. The summed E-state index contributed by atoms with van der Waals surface area (Å²) in [6.45, 7) is 0.863. The Kier molecular flexibility index (Phi) is 3.88. The molecule has 0 heterocycles. The zero-order valence-corrected chi connectivity index (χ0v) is 10.3. The van der Waals surface area contributed by atoms with Crippen molar-refractivity contribution in [1.82, 2.24) is 5.32 Å². The van der Waals surface area contributed by atoms with E-state index in [1.807, 2.05) is 12.1 Å². The fraction of sp³-hybridized carbons (Fsp3) is 0.462. The Labute approximate surface area is 101 Å². The van der Waals surface area contributed by atoms with Gasteiger partial charge in [0.15, 0.2) is 0 Å². The average molecular weight is 235 g/mol. The summed E-state index contributed by atoms with van der Waals surface area (Å²) in [5.74, 6) is 0.895. The van der Waals surface area contributed by atoms with Gasteiger partial charge in [-0.3, -0.25) is 4.79 Å². The minimum Gasteiger partial charge on any atom is -0.356 e. The quantitative estimate of drug-likeness (QED) is 0.794. The molecular formula is C13H17NOS. The van der Waals surface area contributed by atoms with Crippen molar-refractivity contribution in [3.63, 3.8) is 0 Å². The molecule has 3 heteroatoms. The molecule has 1 aromatic carbocycles. The molecule has 1 fully saturated rings. The molecule has 0 saturated heterocycles. The van der Waals surface area contributed by atoms with Gasteiger partial charge in [-0.2, -0.15) is 0 Å². The van der Waals surface area contributed by atoms with Gasteiger partial charge in [-0.25, -0.2) is 0 Å². The van der Waals surface area contributed by atoms with Crippen molar-refractivity contribution in [2.75, 3.05) is 12.8 Å². The molecule has 2 nitrogen and oxygen atoms in total. The number of hydrogen-bond acceptors (Lipinski definition) is 2. The third kappa shape index (κ3) is 3.56. The number of thioether (sulfide) groups is 1. The summed E-state index contributed by atoms with van der Waals surface area (Å²) in [6, 6.07) is 8.19. The van der Waals surface area contributed by atoms with Gasteiger partial charge < -0.3 is 5.32 Å². The summed E-state index contributed by atoms with van der Waals surface area (Å²) in [7, 11) is 0. The molecule has 0 atom stereocenters. The predicted octanol–water partition coefficient (Wildman–Crippen LogP) is 2.48. The van der Waals surface area contributed by atoms with Crippen molar-refractivity contribution in [1.29, 1.82) is 0 Å². The summed E-state index contributed by atoms with van der Waals surface area (Å²) < 4.78 is 0. The Bertz CT molecular complexity index is 357. The van der Waals surface area contributed by atoms with Crippen LogP contribution in [-0.2, 0) is 11.2 Å². The Morgan fingerprint density at radius 1 is 1.38 bits per heavy atom. The predicted molar refractivity (Wildman–Crippen MR) is 67.7 cm³/mol. The molecule has 0 radical (unpaired) electrons. The largest absolute Gasteiger partial charge is 0.356 e. The van der Waals surface area contributed by atoms with E-state index in [1.165, 1.54) is 17.7 Å². The lowest BCUT2D eigenvalue weighted by Gasteiger charge is -2.04. The number of hydrogen-bond donors (Lipinski definition) is 1. The van der Waals surface area contributed by atoms with Crippen molar-refractivity contribution in [2.24, 2.45) is 5.92 Å². The van der Waals surface area contributed by atoms with Crippen LogP contribution in [-0.4, -0.2) is 18.7 Å². The second kappa shape index (κ2) is 5.39. The van der Waals surface area contributed by atoms with Crippen LogP contribution in [0.5, 0.6) is 0 Å². The van der Waals surface area contributed by atoms with Gasteiger partial charge >= 0.3 is 0 Å². The van der Waals surface area contributed by atoms with E-state index < -0.39 is 0 Å². The van der Waals surface area contributed by atoms with Crippen LogP contribution in [0.4, 0.5) is 0 Å². The molecule has 1 saturated carbocycles. The average Bonchev–Trinajstić information content (AvgIpc) is 3.11. The molecule has 0 bridgehead atoms. The third-order valence-corrected chi connectivity index (χ3v) is 3.55. The van der Waals surface area contributed by atoms with Crippen LogP contribution in [0, 0.1) is 5.92 Å². The molecule has 0 unspecified atom stereocenters. The topological polar surface area (TPSA) is 29.1 Å². The summed E-state index contributed by atoms with van der Waals surface area (Å²) in [5.41, 5.74) is 1.09. The number of carbonyl (C=O) groups excluding carboxylic acids is 1. The molecule has 2 rings (SSSR count). The van der Waals surface area contributed by atoms with Crippen LogP contribution < -0.4 is 5.32 Å². The standard InChI is InChI=1S/C13H17NOS/c1-16-12-6-4-10(5-7-12)8-13(15)14-9-11-2-3-11/h4-7,11H,2-3,8-9H2,1H3,(H,14,15). The van der Waals surface area contributed by atoms with E-state index in [0.29, 0.717) is 6.42 Å². The van der Waals surface area contributed by atoms with Crippen molar-refractivity contribution in [2.45, 2.75) is 24.2 Å². The highest BCUT2D eigenvalue weighted by atomic mass is 32.2. The van der Waals surface area contributed by atoms with Crippen molar-refractivity contribution >= 4 is 17.7 Å². The van der Waals surface area contributed by atoms with Crippen LogP contribution in [0.1, 0.15) is 18.4 Å². The van der Waals surface area contributed by atoms with Crippen molar-refractivity contribution < 1.29 is 4.79 Å². The van der Waals surface area contributed by atoms with Crippen LogP contribution >= 0.6 is 11.8 Å². The second-order valence-corrected chi connectivity index (χ2v) is 5.15. The van der Waals surface area contributed by atoms with Gasteiger partial charge in [0, 0.05) is 11.4 Å². The molecule has 1 amide bonds. The van der Waals surface area contributed by atoms with Gasteiger partial charge in [-0.15, -0.1) is 11.8 Å². The molecule has 0 spiro atoms. The van der Waals surface area contributed by atoms with Crippen LogP contribution in [0.25, 0.3) is 0 Å². The van der Waals surface area contributed by atoms with Gasteiger partial charge in [0.2, 0.25) is 5.91 Å². The zero-order valence-electron chi connectivity index (χ0n) is 9.53. The zero-order chi connectivity index (χ0) is 11.4. The van der Waals surface area contributed by atoms with Crippen LogP contribution in [0.3, 0.4) is 0 Å². The SMILES string of the molecule is CSc1ccc(CC(=O)NCC2CC2)cc1.